The van der Waals surface area contributed by atoms with Gasteiger partial charge >= 0.3 is 0 Å². The number of hydrazine groups is 1. The van der Waals surface area contributed by atoms with Crippen molar-refractivity contribution in [3.63, 3.8) is 0 Å². The van der Waals surface area contributed by atoms with Crippen LogP contribution in [0.1, 0.15) is 32.6 Å². The Bertz CT molecular complexity index is 245. The summed E-state index contributed by atoms with van der Waals surface area (Å²) in [5.74, 6) is 6.48. The van der Waals surface area contributed by atoms with Crippen molar-refractivity contribution in [1.29, 1.82) is 0 Å². The molecule has 0 saturated carbocycles. The van der Waals surface area contributed by atoms with Crippen LogP contribution in [0.2, 0.25) is 0 Å². The van der Waals surface area contributed by atoms with E-state index in [9.17, 15) is 0 Å². The van der Waals surface area contributed by atoms with Crippen LogP contribution in [0.25, 0.3) is 0 Å². The molecule has 0 spiro atoms. The summed E-state index contributed by atoms with van der Waals surface area (Å²) < 4.78 is 11.4. The summed E-state index contributed by atoms with van der Waals surface area (Å²) in [5.41, 5.74) is 2.99. The number of hydrogen-bond donors (Lipinski definition) is 2. The maximum absolute atomic E-state index is 5.93. The molecule has 0 radical (unpaired) electrons. The van der Waals surface area contributed by atoms with E-state index in [0.717, 1.165) is 64.6 Å². The first-order valence-corrected chi connectivity index (χ1v) is 7.71. The maximum atomic E-state index is 5.93. The lowest BCUT2D eigenvalue weighted by molar-refractivity contribution is -0.0530. The fourth-order valence-corrected chi connectivity index (χ4v) is 3.16. The van der Waals surface area contributed by atoms with Crippen molar-refractivity contribution in [3.05, 3.63) is 0 Å². The molecule has 2 heterocycles. The fourth-order valence-electron chi connectivity index (χ4n) is 3.16. The third kappa shape index (κ3) is 4.68. The monoisotopic (exact) mass is 271 g/mol. The molecule has 2 saturated heterocycles. The molecule has 5 heteroatoms. The summed E-state index contributed by atoms with van der Waals surface area (Å²) in [5, 5.41) is 0. The molecule has 3 N–H and O–H groups in total. The number of ether oxygens (including phenoxy) is 2. The lowest BCUT2D eigenvalue weighted by atomic mass is 9.90. The van der Waals surface area contributed by atoms with Gasteiger partial charge in [-0.25, -0.2) is 0 Å². The van der Waals surface area contributed by atoms with Crippen molar-refractivity contribution in [3.8, 4) is 0 Å². The topological polar surface area (TPSA) is 59.8 Å². The van der Waals surface area contributed by atoms with Gasteiger partial charge in [0, 0.05) is 32.3 Å². The van der Waals surface area contributed by atoms with Crippen LogP contribution in [-0.4, -0.2) is 56.5 Å². The van der Waals surface area contributed by atoms with Crippen LogP contribution in [-0.2, 0) is 9.47 Å². The summed E-state index contributed by atoms with van der Waals surface area (Å²) >= 11 is 0. The molecule has 0 aromatic heterocycles. The molecule has 0 amide bonds. The predicted molar refractivity (Wildman–Crippen MR) is 75.7 cm³/mol. The average Bonchev–Trinajstić information content (AvgIpc) is 2.46. The predicted octanol–water partition coefficient (Wildman–Crippen LogP) is 0.746. The fraction of sp³-hybridized carbons (Fsp3) is 1.00. The van der Waals surface area contributed by atoms with Gasteiger partial charge in [-0.15, -0.1) is 0 Å². The molecule has 0 aromatic carbocycles. The van der Waals surface area contributed by atoms with E-state index in [-0.39, 0.29) is 12.1 Å². The molecule has 0 bridgehead atoms. The number of nitrogens with two attached hydrogens (primary N) is 1. The molecule has 2 fully saturated rings. The Morgan fingerprint density at radius 2 is 2.11 bits per heavy atom. The third-order valence-electron chi connectivity index (χ3n) is 4.31. The molecule has 19 heavy (non-hydrogen) atoms. The quantitative estimate of drug-likeness (QED) is 0.551. The van der Waals surface area contributed by atoms with Crippen LogP contribution in [0, 0.1) is 5.92 Å². The van der Waals surface area contributed by atoms with Crippen LogP contribution >= 0.6 is 0 Å². The highest BCUT2D eigenvalue weighted by molar-refractivity contribution is 4.84. The van der Waals surface area contributed by atoms with Crippen LogP contribution in [0.3, 0.4) is 0 Å². The Morgan fingerprint density at radius 1 is 1.32 bits per heavy atom. The third-order valence-corrected chi connectivity index (χ3v) is 4.31. The van der Waals surface area contributed by atoms with Gasteiger partial charge in [-0.1, -0.05) is 6.92 Å². The van der Waals surface area contributed by atoms with E-state index in [1.165, 1.54) is 6.42 Å². The Kier molecular flexibility index (Phi) is 6.53. The molecule has 2 aliphatic heterocycles. The van der Waals surface area contributed by atoms with E-state index >= 15 is 0 Å². The van der Waals surface area contributed by atoms with E-state index in [2.05, 4.69) is 17.2 Å². The molecule has 2 aliphatic rings. The summed E-state index contributed by atoms with van der Waals surface area (Å²) in [4.78, 5) is 2.49. The van der Waals surface area contributed by atoms with Crippen molar-refractivity contribution < 1.29 is 9.47 Å². The van der Waals surface area contributed by atoms with Gasteiger partial charge in [0.1, 0.15) is 0 Å². The molecule has 5 nitrogen and oxygen atoms in total. The van der Waals surface area contributed by atoms with Gasteiger partial charge in [0.05, 0.1) is 12.7 Å². The zero-order valence-corrected chi connectivity index (χ0v) is 12.1. The van der Waals surface area contributed by atoms with Crippen LogP contribution < -0.4 is 11.3 Å². The normalized spacial score (nSPS) is 28.4. The second kappa shape index (κ2) is 8.17. The van der Waals surface area contributed by atoms with Gasteiger partial charge in [-0.2, -0.15) is 0 Å². The van der Waals surface area contributed by atoms with Gasteiger partial charge in [-0.05, 0) is 38.1 Å². The standard InChI is InChI=1S/C14H29N3O2/c1-2-5-17-6-9-19-14(11-17)13(16-15)10-12-3-7-18-8-4-12/h12-14,16H,2-11,15H2,1H3. The zero-order chi connectivity index (χ0) is 13.5. The molecule has 2 atom stereocenters. The molecule has 0 aliphatic carbocycles. The van der Waals surface area contributed by atoms with Crippen LogP contribution in [0.5, 0.6) is 0 Å². The van der Waals surface area contributed by atoms with E-state index in [1.54, 1.807) is 0 Å². The number of nitrogens with zero attached hydrogens (tertiary/aromatic N) is 1. The number of nitrogens with one attached hydrogen (secondary N) is 1. The van der Waals surface area contributed by atoms with Crippen molar-refractivity contribution >= 4 is 0 Å². The highest BCUT2D eigenvalue weighted by atomic mass is 16.5. The van der Waals surface area contributed by atoms with Gasteiger partial charge in [-0.3, -0.25) is 16.2 Å². The molecule has 112 valence electrons. The van der Waals surface area contributed by atoms with Gasteiger partial charge in [0.2, 0.25) is 0 Å². The number of hydrogen-bond acceptors (Lipinski definition) is 5. The molecular formula is C14H29N3O2. The van der Waals surface area contributed by atoms with E-state index < -0.39 is 0 Å². The average molecular weight is 271 g/mol. The van der Waals surface area contributed by atoms with Gasteiger partial charge < -0.3 is 9.47 Å². The summed E-state index contributed by atoms with van der Waals surface area (Å²) in [6.45, 7) is 8.08. The minimum absolute atomic E-state index is 0.230. The minimum Gasteiger partial charge on any atom is -0.381 e. The SMILES string of the molecule is CCCN1CCOC(C(CC2CCOCC2)NN)C1. The van der Waals surface area contributed by atoms with Crippen molar-refractivity contribution in [1.82, 2.24) is 10.3 Å². The van der Waals surface area contributed by atoms with E-state index in [1.807, 2.05) is 0 Å². The first-order valence-electron chi connectivity index (χ1n) is 7.71. The largest absolute Gasteiger partial charge is 0.381 e. The highest BCUT2D eigenvalue weighted by Gasteiger charge is 2.29. The van der Waals surface area contributed by atoms with E-state index in [4.69, 9.17) is 15.3 Å². The van der Waals surface area contributed by atoms with Crippen molar-refractivity contribution in [2.45, 2.75) is 44.8 Å². The highest BCUT2D eigenvalue weighted by Crippen LogP contribution is 2.23. The zero-order valence-electron chi connectivity index (χ0n) is 12.1. The number of rotatable bonds is 6. The second-order valence-corrected chi connectivity index (χ2v) is 5.77. The molecular weight excluding hydrogens is 242 g/mol. The van der Waals surface area contributed by atoms with Crippen LogP contribution in [0.15, 0.2) is 0 Å². The first-order chi connectivity index (χ1) is 9.33. The Balaban J connectivity index is 1.81. The number of morpholine rings is 1. The minimum atomic E-state index is 0.230. The lowest BCUT2D eigenvalue weighted by Crippen LogP contribution is -2.54. The summed E-state index contributed by atoms with van der Waals surface area (Å²) in [7, 11) is 0. The van der Waals surface area contributed by atoms with Gasteiger partial charge in [0.25, 0.3) is 0 Å². The molecule has 0 aromatic rings. The summed E-state index contributed by atoms with van der Waals surface area (Å²) in [6, 6.07) is 0.266. The second-order valence-electron chi connectivity index (χ2n) is 5.77. The maximum Gasteiger partial charge on any atom is 0.0868 e. The van der Waals surface area contributed by atoms with Crippen molar-refractivity contribution in [2.24, 2.45) is 11.8 Å². The Morgan fingerprint density at radius 3 is 2.79 bits per heavy atom. The molecule has 2 rings (SSSR count). The smallest absolute Gasteiger partial charge is 0.0868 e. The lowest BCUT2D eigenvalue weighted by Gasteiger charge is -2.38. The Hall–Kier alpha value is -0.200. The molecule has 2 unspecified atom stereocenters. The van der Waals surface area contributed by atoms with E-state index in [0.29, 0.717) is 0 Å². The van der Waals surface area contributed by atoms with Crippen molar-refractivity contribution in [2.75, 3.05) is 39.5 Å². The Labute approximate surface area is 116 Å². The van der Waals surface area contributed by atoms with Crippen LogP contribution in [0.4, 0.5) is 0 Å². The first kappa shape index (κ1) is 15.2. The van der Waals surface area contributed by atoms with Gasteiger partial charge in [0.15, 0.2) is 0 Å². The summed E-state index contributed by atoms with van der Waals surface area (Å²) in [6.07, 6.45) is 4.85.